The summed E-state index contributed by atoms with van der Waals surface area (Å²) in [6, 6.07) is 59.4. The number of benzene rings is 8. The van der Waals surface area contributed by atoms with E-state index in [1.54, 1.807) is 0 Å². The van der Waals surface area contributed by atoms with Crippen molar-refractivity contribution in [1.82, 2.24) is 0 Å². The zero-order valence-corrected chi connectivity index (χ0v) is 32.9. The van der Waals surface area contributed by atoms with Gasteiger partial charge in [-0.1, -0.05) is 181 Å². The highest BCUT2D eigenvalue weighted by Gasteiger charge is 2.52. The number of hydrogen-bond donors (Lipinski definition) is 0. The molecule has 0 bridgehead atoms. The smallest absolute Gasteiger partial charge is 0.135 e. The predicted molar refractivity (Wildman–Crippen MR) is 234 cm³/mol. The first-order valence-electron chi connectivity index (χ1n) is 20.0. The Balaban J connectivity index is 1.08. The minimum atomic E-state index is -0.415. The number of rotatable bonds is 2. The van der Waals surface area contributed by atoms with Crippen LogP contribution in [0.5, 0.6) is 11.5 Å². The maximum absolute atomic E-state index is 6.42. The van der Waals surface area contributed by atoms with E-state index < -0.39 is 5.41 Å². The standard InChI is InChI=1S/C55H44O/c1-53(2,3)37-25-27-40-41-28-26-38(54(4,5)6)32-48(41)55(47(40)31-37)45-17-8-7-14-43(45)52-39(15-11-18-46(52)55)34-22-20-33(21-23-34)36-24-29-49-44(30-36)42-16-9-12-35-13-10-19-50(56-49)51(35)42/h7-32H,1-6H3. The molecule has 0 aromatic heterocycles. The SMILES string of the molecule is CC(C)(C)c1ccc2c(c1)C1(c3cc(C(C)(C)C)ccc3-2)c2ccccc2-c2c(-c3ccc(-c4ccc5c(c4)-c4cccc6cccc(c46)O5)cc3)cccc21. The second-order valence-electron chi connectivity index (χ2n) is 18.1. The molecule has 8 aromatic rings. The Morgan fingerprint density at radius 1 is 0.375 bits per heavy atom. The fourth-order valence-electron chi connectivity index (χ4n) is 9.99. The molecule has 1 aliphatic heterocycles. The Kier molecular flexibility index (Phi) is 6.77. The van der Waals surface area contributed by atoms with Crippen molar-refractivity contribution in [3.05, 3.63) is 191 Å². The zero-order chi connectivity index (χ0) is 38.1. The van der Waals surface area contributed by atoms with Crippen molar-refractivity contribution >= 4 is 10.8 Å². The van der Waals surface area contributed by atoms with Crippen molar-refractivity contribution in [3.8, 4) is 67.1 Å². The molecule has 56 heavy (non-hydrogen) atoms. The monoisotopic (exact) mass is 720 g/mol. The second kappa shape index (κ2) is 11.4. The van der Waals surface area contributed by atoms with Crippen LogP contribution < -0.4 is 4.74 Å². The minimum Gasteiger partial charge on any atom is -0.456 e. The average molecular weight is 721 g/mol. The third-order valence-electron chi connectivity index (χ3n) is 12.8. The highest BCUT2D eigenvalue weighted by Crippen LogP contribution is 2.64. The van der Waals surface area contributed by atoms with Crippen LogP contribution in [0, 0.1) is 0 Å². The molecule has 0 fully saturated rings. The number of hydrogen-bond acceptors (Lipinski definition) is 1. The molecule has 1 heteroatoms. The molecule has 3 aliphatic rings. The van der Waals surface area contributed by atoms with E-state index in [0.29, 0.717) is 0 Å². The van der Waals surface area contributed by atoms with E-state index >= 15 is 0 Å². The van der Waals surface area contributed by atoms with Gasteiger partial charge in [-0.05, 0) is 118 Å². The van der Waals surface area contributed by atoms with Gasteiger partial charge in [-0.15, -0.1) is 0 Å². The van der Waals surface area contributed by atoms with Crippen LogP contribution in [-0.2, 0) is 16.2 Å². The van der Waals surface area contributed by atoms with E-state index in [9.17, 15) is 0 Å². The highest BCUT2D eigenvalue weighted by atomic mass is 16.5. The van der Waals surface area contributed by atoms with Gasteiger partial charge < -0.3 is 4.74 Å². The lowest BCUT2D eigenvalue weighted by Crippen LogP contribution is -2.27. The van der Waals surface area contributed by atoms with E-state index in [4.69, 9.17) is 4.74 Å². The minimum absolute atomic E-state index is 0.0228. The van der Waals surface area contributed by atoms with Gasteiger partial charge in [0.25, 0.3) is 0 Å². The van der Waals surface area contributed by atoms with E-state index in [2.05, 4.69) is 199 Å². The van der Waals surface area contributed by atoms with Crippen molar-refractivity contribution in [2.24, 2.45) is 0 Å². The van der Waals surface area contributed by atoms with Crippen LogP contribution in [0.2, 0.25) is 0 Å². The van der Waals surface area contributed by atoms with Crippen molar-refractivity contribution < 1.29 is 4.74 Å². The van der Waals surface area contributed by atoms with Gasteiger partial charge in [0.2, 0.25) is 0 Å². The van der Waals surface area contributed by atoms with Crippen LogP contribution >= 0.6 is 0 Å². The molecule has 1 spiro atoms. The Labute approximate surface area is 330 Å². The lowest BCUT2D eigenvalue weighted by Gasteiger charge is -2.33. The highest BCUT2D eigenvalue weighted by molar-refractivity contribution is 6.05. The molecule has 2 aliphatic carbocycles. The van der Waals surface area contributed by atoms with Gasteiger partial charge in [0.1, 0.15) is 11.5 Å². The van der Waals surface area contributed by atoms with Gasteiger partial charge in [0.15, 0.2) is 0 Å². The Bertz CT molecular complexity index is 2880. The molecule has 8 aromatic carbocycles. The molecule has 0 N–H and O–H groups in total. The molecule has 1 nitrogen and oxygen atoms in total. The molecular weight excluding hydrogens is 677 g/mol. The molecule has 11 rings (SSSR count). The molecule has 0 saturated carbocycles. The van der Waals surface area contributed by atoms with Crippen LogP contribution in [0.3, 0.4) is 0 Å². The van der Waals surface area contributed by atoms with Crippen molar-refractivity contribution in [1.29, 1.82) is 0 Å². The number of ether oxygens (including phenoxy) is 1. The summed E-state index contributed by atoms with van der Waals surface area (Å²) in [5, 5.41) is 2.38. The van der Waals surface area contributed by atoms with Gasteiger partial charge in [0.05, 0.1) is 5.41 Å². The van der Waals surface area contributed by atoms with Crippen LogP contribution in [0.1, 0.15) is 74.9 Å². The van der Waals surface area contributed by atoms with E-state index in [0.717, 1.165) is 17.1 Å². The van der Waals surface area contributed by atoms with Crippen LogP contribution in [-0.4, -0.2) is 0 Å². The predicted octanol–water partition coefficient (Wildman–Crippen LogP) is 14.9. The zero-order valence-electron chi connectivity index (χ0n) is 32.9. The summed E-state index contributed by atoms with van der Waals surface area (Å²) in [5.41, 5.74) is 20.5. The van der Waals surface area contributed by atoms with Crippen LogP contribution in [0.25, 0.3) is 66.4 Å². The van der Waals surface area contributed by atoms with E-state index in [1.165, 1.54) is 94.2 Å². The second-order valence-corrected chi connectivity index (χ2v) is 18.1. The Morgan fingerprint density at radius 2 is 0.946 bits per heavy atom. The molecule has 0 unspecified atom stereocenters. The Morgan fingerprint density at radius 3 is 1.64 bits per heavy atom. The lowest BCUT2D eigenvalue weighted by molar-refractivity contribution is 0.487. The third-order valence-corrected chi connectivity index (χ3v) is 12.8. The Hall–Kier alpha value is -6.18. The molecule has 0 saturated heterocycles. The van der Waals surface area contributed by atoms with Crippen molar-refractivity contribution in [2.75, 3.05) is 0 Å². The molecule has 0 amide bonds. The van der Waals surface area contributed by atoms with Gasteiger partial charge >= 0.3 is 0 Å². The van der Waals surface area contributed by atoms with Gasteiger partial charge in [0, 0.05) is 10.9 Å². The first-order chi connectivity index (χ1) is 27.0. The van der Waals surface area contributed by atoms with Gasteiger partial charge in [-0.3, -0.25) is 0 Å². The molecule has 0 radical (unpaired) electrons. The summed E-state index contributed by atoms with van der Waals surface area (Å²) in [6.07, 6.45) is 0. The summed E-state index contributed by atoms with van der Waals surface area (Å²) >= 11 is 0. The van der Waals surface area contributed by atoms with Gasteiger partial charge in [-0.2, -0.15) is 0 Å². The van der Waals surface area contributed by atoms with Gasteiger partial charge in [-0.25, -0.2) is 0 Å². The average Bonchev–Trinajstić information content (AvgIpc) is 3.67. The van der Waals surface area contributed by atoms with Crippen LogP contribution in [0.15, 0.2) is 158 Å². The lowest BCUT2D eigenvalue weighted by atomic mass is 9.68. The van der Waals surface area contributed by atoms with E-state index in [1.807, 2.05) is 0 Å². The maximum atomic E-state index is 6.42. The molecule has 270 valence electrons. The first kappa shape index (κ1) is 33.2. The van der Waals surface area contributed by atoms with Crippen LogP contribution in [0.4, 0.5) is 0 Å². The molecular formula is C55H44O. The summed E-state index contributed by atoms with van der Waals surface area (Å²) in [4.78, 5) is 0. The molecule has 0 atom stereocenters. The topological polar surface area (TPSA) is 9.23 Å². The fraction of sp³-hybridized carbons (Fsp3) is 0.164. The summed E-state index contributed by atoms with van der Waals surface area (Å²) in [6.45, 7) is 14.0. The first-order valence-corrected chi connectivity index (χ1v) is 20.0. The quantitative estimate of drug-likeness (QED) is 0.173. The van der Waals surface area contributed by atoms with E-state index in [-0.39, 0.29) is 10.8 Å². The largest absolute Gasteiger partial charge is 0.456 e. The van der Waals surface area contributed by atoms with Crippen molar-refractivity contribution in [3.63, 3.8) is 0 Å². The van der Waals surface area contributed by atoms with Crippen molar-refractivity contribution in [2.45, 2.75) is 57.8 Å². The third kappa shape index (κ3) is 4.55. The molecule has 1 heterocycles. The number of fused-ring (bicyclic) bond motifs is 12. The summed E-state index contributed by atoms with van der Waals surface area (Å²) < 4.78 is 6.42. The normalized spacial score (nSPS) is 14.2. The maximum Gasteiger partial charge on any atom is 0.135 e. The summed E-state index contributed by atoms with van der Waals surface area (Å²) in [5.74, 6) is 1.83. The summed E-state index contributed by atoms with van der Waals surface area (Å²) in [7, 11) is 0. The fourth-order valence-corrected chi connectivity index (χ4v) is 9.99.